The fourth-order valence-corrected chi connectivity index (χ4v) is 3.20. The molecule has 2 aromatic carbocycles. The molecule has 0 saturated carbocycles. The Morgan fingerprint density at radius 3 is 2.24 bits per heavy atom. The highest BCUT2D eigenvalue weighted by atomic mass is 35.5. The van der Waals surface area contributed by atoms with E-state index in [1.165, 1.54) is 14.2 Å². The van der Waals surface area contributed by atoms with Crippen LogP contribution in [0, 0.1) is 13.8 Å². The molecule has 0 fully saturated rings. The molecule has 0 saturated heterocycles. The molecule has 29 heavy (non-hydrogen) atoms. The lowest BCUT2D eigenvalue weighted by Gasteiger charge is -2.09. The quantitative estimate of drug-likeness (QED) is 0.478. The minimum absolute atomic E-state index is 0.357. The number of ether oxygens (including phenoxy) is 2. The Morgan fingerprint density at radius 2 is 1.66 bits per heavy atom. The summed E-state index contributed by atoms with van der Waals surface area (Å²) in [5, 5.41) is 4.80. The van der Waals surface area contributed by atoms with Crippen LogP contribution in [0.15, 0.2) is 53.6 Å². The van der Waals surface area contributed by atoms with E-state index in [-0.39, 0.29) is 5.91 Å². The van der Waals surface area contributed by atoms with Crippen molar-refractivity contribution in [1.82, 2.24) is 9.99 Å². The predicted octanol–water partition coefficient (Wildman–Crippen LogP) is 4.53. The molecule has 0 bridgehead atoms. The highest BCUT2D eigenvalue weighted by molar-refractivity contribution is 6.30. The Labute approximate surface area is 174 Å². The first-order valence-corrected chi connectivity index (χ1v) is 9.32. The highest BCUT2D eigenvalue weighted by Crippen LogP contribution is 2.23. The van der Waals surface area contributed by atoms with Gasteiger partial charge in [0.05, 0.1) is 20.4 Å². The molecule has 1 N–H and O–H groups in total. The first kappa shape index (κ1) is 20.5. The fraction of sp³-hybridized carbons (Fsp3) is 0.182. The molecule has 1 aromatic heterocycles. The summed E-state index contributed by atoms with van der Waals surface area (Å²) in [5.74, 6) is 0.708. The molecule has 6 nitrogen and oxygen atoms in total. The van der Waals surface area contributed by atoms with Gasteiger partial charge in [-0.2, -0.15) is 5.10 Å². The predicted molar refractivity (Wildman–Crippen MR) is 115 cm³/mol. The van der Waals surface area contributed by atoms with Crippen molar-refractivity contribution in [3.8, 4) is 17.2 Å². The molecule has 0 radical (unpaired) electrons. The number of halogens is 1. The van der Waals surface area contributed by atoms with Crippen LogP contribution >= 0.6 is 11.6 Å². The van der Waals surface area contributed by atoms with Crippen LogP contribution in [0.4, 0.5) is 0 Å². The van der Waals surface area contributed by atoms with Crippen molar-refractivity contribution < 1.29 is 14.3 Å². The number of nitrogens with zero attached hydrogens (tertiary/aromatic N) is 2. The summed E-state index contributed by atoms with van der Waals surface area (Å²) < 4.78 is 12.5. The van der Waals surface area contributed by atoms with Crippen molar-refractivity contribution in [3.63, 3.8) is 0 Å². The second-order valence-corrected chi connectivity index (χ2v) is 6.88. The van der Waals surface area contributed by atoms with Gasteiger partial charge in [0, 0.05) is 39.3 Å². The maximum atomic E-state index is 12.4. The number of nitrogens with one attached hydrogen (secondary N) is 1. The summed E-state index contributed by atoms with van der Waals surface area (Å²) in [6.45, 7) is 4.01. The zero-order valence-corrected chi connectivity index (χ0v) is 17.4. The molecule has 150 valence electrons. The number of carbonyl (C=O) groups excluding carboxylic acids is 1. The standard InChI is InChI=1S/C22H22ClN3O3/c1-14-9-17(15(2)26(14)19-7-5-18(23)6-8-19)13-24-25-22(27)16-10-20(28-3)12-21(11-16)29-4/h5-13H,1-4H3,(H,25,27)/b24-13-. The van der Waals surface area contributed by atoms with E-state index >= 15 is 0 Å². The largest absolute Gasteiger partial charge is 0.497 e. The topological polar surface area (TPSA) is 64.8 Å². The molecule has 0 aliphatic rings. The van der Waals surface area contributed by atoms with Crippen LogP contribution in [0.3, 0.4) is 0 Å². The van der Waals surface area contributed by atoms with Crippen molar-refractivity contribution in [2.45, 2.75) is 13.8 Å². The lowest BCUT2D eigenvalue weighted by atomic mass is 10.2. The monoisotopic (exact) mass is 411 g/mol. The van der Waals surface area contributed by atoms with Gasteiger partial charge >= 0.3 is 0 Å². The molecule has 7 heteroatoms. The number of hydrogen-bond donors (Lipinski definition) is 1. The van der Waals surface area contributed by atoms with Gasteiger partial charge in [0.2, 0.25) is 0 Å². The molecule has 0 aliphatic carbocycles. The van der Waals surface area contributed by atoms with Gasteiger partial charge in [0.1, 0.15) is 11.5 Å². The van der Waals surface area contributed by atoms with Crippen LogP contribution < -0.4 is 14.9 Å². The van der Waals surface area contributed by atoms with Crippen LogP contribution in [0.25, 0.3) is 5.69 Å². The maximum Gasteiger partial charge on any atom is 0.271 e. The number of hydrazone groups is 1. The van der Waals surface area contributed by atoms with Crippen LogP contribution in [-0.2, 0) is 0 Å². The van der Waals surface area contributed by atoms with E-state index in [1.54, 1.807) is 24.4 Å². The van der Waals surface area contributed by atoms with Gasteiger partial charge < -0.3 is 14.0 Å². The average molecular weight is 412 g/mol. The van der Waals surface area contributed by atoms with Crippen molar-refractivity contribution in [1.29, 1.82) is 0 Å². The molecular formula is C22H22ClN3O3. The molecule has 3 aromatic rings. The molecule has 0 aliphatic heterocycles. The van der Waals surface area contributed by atoms with E-state index in [0.717, 1.165) is 22.6 Å². The summed E-state index contributed by atoms with van der Waals surface area (Å²) in [6.07, 6.45) is 1.63. The molecule has 0 atom stereocenters. The van der Waals surface area contributed by atoms with E-state index < -0.39 is 0 Å². The summed E-state index contributed by atoms with van der Waals surface area (Å²) in [6, 6.07) is 14.6. The molecule has 0 unspecified atom stereocenters. The first-order chi connectivity index (χ1) is 13.9. The molecule has 0 spiro atoms. The van der Waals surface area contributed by atoms with E-state index in [9.17, 15) is 4.79 Å². The SMILES string of the molecule is COc1cc(OC)cc(C(=O)N/N=C\c2cc(C)n(-c3ccc(Cl)cc3)c2C)c1. The van der Waals surface area contributed by atoms with Gasteiger partial charge in [0.25, 0.3) is 5.91 Å². The number of aryl methyl sites for hydroxylation is 1. The minimum Gasteiger partial charge on any atom is -0.497 e. The van der Waals surface area contributed by atoms with Crippen LogP contribution in [0.2, 0.25) is 5.02 Å². The first-order valence-electron chi connectivity index (χ1n) is 8.94. The minimum atomic E-state index is -0.357. The van der Waals surface area contributed by atoms with Crippen molar-refractivity contribution >= 4 is 23.7 Å². The van der Waals surface area contributed by atoms with Crippen LogP contribution in [0.1, 0.15) is 27.3 Å². The maximum absolute atomic E-state index is 12.4. The third-order valence-electron chi connectivity index (χ3n) is 4.54. The average Bonchev–Trinajstić information content (AvgIpc) is 3.01. The second-order valence-electron chi connectivity index (χ2n) is 6.44. The van der Waals surface area contributed by atoms with Gasteiger partial charge in [-0.15, -0.1) is 0 Å². The third-order valence-corrected chi connectivity index (χ3v) is 4.79. The molecular weight excluding hydrogens is 390 g/mol. The number of aromatic nitrogens is 1. The van der Waals surface area contributed by atoms with Crippen molar-refractivity contribution in [3.05, 3.63) is 76.1 Å². The van der Waals surface area contributed by atoms with Gasteiger partial charge in [-0.1, -0.05) is 11.6 Å². The Kier molecular flexibility index (Phi) is 6.24. The van der Waals surface area contributed by atoms with Gasteiger partial charge in [-0.05, 0) is 56.3 Å². The third kappa shape index (κ3) is 4.60. The smallest absolute Gasteiger partial charge is 0.271 e. The van der Waals surface area contributed by atoms with Gasteiger partial charge in [-0.25, -0.2) is 5.43 Å². The normalized spacial score (nSPS) is 10.9. The Balaban J connectivity index is 1.78. The summed E-state index contributed by atoms with van der Waals surface area (Å²) >= 11 is 5.98. The fourth-order valence-electron chi connectivity index (χ4n) is 3.07. The van der Waals surface area contributed by atoms with E-state index in [4.69, 9.17) is 21.1 Å². The van der Waals surface area contributed by atoms with Crippen LogP contribution in [-0.4, -0.2) is 30.9 Å². The molecule has 1 heterocycles. The Bertz CT molecular complexity index is 1030. The number of hydrogen-bond acceptors (Lipinski definition) is 4. The molecule has 1 amide bonds. The highest BCUT2D eigenvalue weighted by Gasteiger charge is 2.11. The summed E-state index contributed by atoms with van der Waals surface area (Å²) in [4.78, 5) is 12.4. The number of carbonyl (C=O) groups is 1. The lowest BCUT2D eigenvalue weighted by Crippen LogP contribution is -2.17. The van der Waals surface area contributed by atoms with Crippen molar-refractivity contribution in [2.24, 2.45) is 5.10 Å². The zero-order chi connectivity index (χ0) is 21.0. The zero-order valence-electron chi connectivity index (χ0n) is 16.7. The van der Waals surface area contributed by atoms with E-state index in [2.05, 4.69) is 15.1 Å². The second kappa shape index (κ2) is 8.84. The summed E-state index contributed by atoms with van der Waals surface area (Å²) in [7, 11) is 3.07. The van der Waals surface area contributed by atoms with E-state index in [1.807, 2.05) is 44.2 Å². The van der Waals surface area contributed by atoms with Gasteiger partial charge in [-0.3, -0.25) is 4.79 Å². The Hall–Kier alpha value is -3.25. The number of methoxy groups -OCH3 is 2. The van der Waals surface area contributed by atoms with Crippen molar-refractivity contribution in [2.75, 3.05) is 14.2 Å². The number of amides is 1. The lowest BCUT2D eigenvalue weighted by molar-refractivity contribution is 0.0954. The summed E-state index contributed by atoms with van der Waals surface area (Å²) in [5.41, 5.74) is 6.91. The molecule has 3 rings (SSSR count). The Morgan fingerprint density at radius 1 is 1.03 bits per heavy atom. The number of benzene rings is 2. The van der Waals surface area contributed by atoms with E-state index in [0.29, 0.717) is 22.1 Å². The van der Waals surface area contributed by atoms with Gasteiger partial charge in [0.15, 0.2) is 0 Å². The van der Waals surface area contributed by atoms with Crippen LogP contribution in [0.5, 0.6) is 11.5 Å². The number of rotatable bonds is 6.